The minimum atomic E-state index is -0.618. The summed E-state index contributed by atoms with van der Waals surface area (Å²) in [6, 6.07) is 0. The van der Waals surface area contributed by atoms with Crippen molar-refractivity contribution in [3.8, 4) is 0 Å². The van der Waals surface area contributed by atoms with Crippen LogP contribution in [0.5, 0.6) is 0 Å². The van der Waals surface area contributed by atoms with Crippen molar-refractivity contribution in [2.24, 2.45) is 23.7 Å². The van der Waals surface area contributed by atoms with Crippen LogP contribution in [0.4, 0.5) is 0 Å². The molecular weight excluding hydrogens is 384 g/mol. The minimum Gasteiger partial charge on any atom is -0.459 e. The molecule has 0 spiro atoms. The molecule has 3 saturated carbocycles. The van der Waals surface area contributed by atoms with Crippen molar-refractivity contribution in [1.29, 1.82) is 0 Å². The Bertz CT molecular complexity index is 934. The summed E-state index contributed by atoms with van der Waals surface area (Å²) < 4.78 is 24.9. The van der Waals surface area contributed by atoms with Gasteiger partial charge >= 0.3 is 11.9 Å². The normalized spacial score (nSPS) is 52.6. The second-order valence-electron chi connectivity index (χ2n) is 10.8. The molecule has 6 nitrogen and oxygen atoms in total. The van der Waals surface area contributed by atoms with Crippen molar-refractivity contribution in [3.63, 3.8) is 0 Å². The fraction of sp³-hybridized carbons (Fsp3) is 0.750. The Labute approximate surface area is 176 Å². The van der Waals surface area contributed by atoms with Gasteiger partial charge in [-0.3, -0.25) is 4.79 Å². The molecule has 0 bridgehead atoms. The van der Waals surface area contributed by atoms with Crippen LogP contribution in [0.2, 0.25) is 0 Å². The lowest BCUT2D eigenvalue weighted by Gasteiger charge is -2.41. The SMILES string of the molecule is C=C1CC[C@@H]2OC(=O)C(C)=C2[C@@H]2[C@@H]1[C@@]13O[C@@]1(C[C@@H](C)[C@H]3OC(=O)C(C)C)[C@H]1O[C@@]21C. The van der Waals surface area contributed by atoms with Crippen LogP contribution in [0.15, 0.2) is 23.3 Å². The Morgan fingerprint density at radius 2 is 2.03 bits per heavy atom. The molecule has 2 saturated heterocycles. The molecule has 3 heterocycles. The molecule has 3 aliphatic carbocycles. The smallest absolute Gasteiger partial charge is 0.334 e. The van der Waals surface area contributed by atoms with Crippen LogP contribution >= 0.6 is 0 Å². The van der Waals surface area contributed by atoms with Crippen LogP contribution in [-0.4, -0.2) is 47.1 Å². The molecule has 6 rings (SSSR count). The lowest BCUT2D eigenvalue weighted by molar-refractivity contribution is -0.161. The first-order chi connectivity index (χ1) is 14.1. The molecule has 0 aromatic rings. The highest BCUT2D eigenvalue weighted by molar-refractivity contribution is 5.92. The number of esters is 2. The topological polar surface area (TPSA) is 77.7 Å². The van der Waals surface area contributed by atoms with Crippen molar-refractivity contribution >= 4 is 11.9 Å². The zero-order valence-electron chi connectivity index (χ0n) is 18.3. The first-order valence-corrected chi connectivity index (χ1v) is 11.3. The van der Waals surface area contributed by atoms with E-state index in [1.807, 2.05) is 20.8 Å². The van der Waals surface area contributed by atoms with Crippen LogP contribution in [0.25, 0.3) is 0 Å². The van der Waals surface area contributed by atoms with Gasteiger partial charge < -0.3 is 18.9 Å². The number of carbonyl (C=O) groups excluding carboxylic acids is 2. The van der Waals surface area contributed by atoms with Crippen LogP contribution < -0.4 is 0 Å². The molecule has 0 N–H and O–H groups in total. The summed E-state index contributed by atoms with van der Waals surface area (Å²) in [5.74, 6) is -0.541. The van der Waals surface area contributed by atoms with Crippen LogP contribution in [0, 0.1) is 23.7 Å². The van der Waals surface area contributed by atoms with Crippen molar-refractivity contribution in [2.75, 3.05) is 0 Å². The zero-order valence-corrected chi connectivity index (χ0v) is 18.3. The van der Waals surface area contributed by atoms with Gasteiger partial charge in [0.15, 0.2) is 0 Å². The predicted octanol–water partition coefficient (Wildman–Crippen LogP) is 3.10. The van der Waals surface area contributed by atoms with Gasteiger partial charge in [0.1, 0.15) is 35.1 Å². The average Bonchev–Trinajstić information content (AvgIpc) is 3.51. The van der Waals surface area contributed by atoms with E-state index < -0.39 is 16.8 Å². The molecule has 0 amide bonds. The van der Waals surface area contributed by atoms with E-state index in [2.05, 4.69) is 20.4 Å². The highest BCUT2D eigenvalue weighted by Gasteiger charge is 2.96. The van der Waals surface area contributed by atoms with E-state index in [0.29, 0.717) is 5.57 Å². The van der Waals surface area contributed by atoms with Gasteiger partial charge in [-0.1, -0.05) is 32.9 Å². The van der Waals surface area contributed by atoms with Gasteiger partial charge in [0.25, 0.3) is 0 Å². The van der Waals surface area contributed by atoms with E-state index in [0.717, 1.165) is 30.4 Å². The van der Waals surface area contributed by atoms with E-state index in [1.165, 1.54) is 0 Å². The molecule has 6 heteroatoms. The summed E-state index contributed by atoms with van der Waals surface area (Å²) in [5.41, 5.74) is 1.41. The Hall–Kier alpha value is -1.66. The van der Waals surface area contributed by atoms with Gasteiger partial charge in [-0.25, -0.2) is 4.79 Å². The molecule has 5 fully saturated rings. The number of hydrogen-bond acceptors (Lipinski definition) is 6. The summed E-state index contributed by atoms with van der Waals surface area (Å²) in [6.45, 7) is 14.3. The number of epoxide rings is 2. The number of carbonyl (C=O) groups is 2. The first kappa shape index (κ1) is 19.1. The van der Waals surface area contributed by atoms with Gasteiger partial charge in [-0.2, -0.15) is 0 Å². The highest BCUT2D eigenvalue weighted by atomic mass is 16.7. The minimum absolute atomic E-state index is 0.0462. The lowest BCUT2D eigenvalue weighted by Crippen LogP contribution is -2.55. The molecule has 0 aromatic carbocycles. The van der Waals surface area contributed by atoms with Gasteiger partial charge in [0.05, 0.1) is 5.92 Å². The molecule has 0 unspecified atom stereocenters. The van der Waals surface area contributed by atoms with Crippen LogP contribution in [0.3, 0.4) is 0 Å². The second kappa shape index (κ2) is 5.39. The Morgan fingerprint density at radius 1 is 1.30 bits per heavy atom. The van der Waals surface area contributed by atoms with Crippen molar-refractivity contribution in [3.05, 3.63) is 23.3 Å². The molecule has 9 atom stereocenters. The van der Waals surface area contributed by atoms with Crippen molar-refractivity contribution in [2.45, 2.75) is 89.0 Å². The molecule has 162 valence electrons. The number of fused-ring (bicyclic) bond motifs is 5. The standard InChI is InChI=1S/C24H30O6/c1-10(2)19(25)28-18-12(4)9-23-21-22(6,29-21)17-15-13(5)20(26)27-14(15)8-7-11(3)16(17)24(18,23)30-23/h10,12,14,16-18,21H,3,7-9H2,1-2,4-6H3/t12-,14+,16-,17-,18-,21+,22+,23+,24+/m1/s1. The summed E-state index contributed by atoms with van der Waals surface area (Å²) in [7, 11) is 0. The van der Waals surface area contributed by atoms with Gasteiger partial charge in [0.2, 0.25) is 0 Å². The van der Waals surface area contributed by atoms with E-state index in [4.69, 9.17) is 18.9 Å². The Kier molecular flexibility index (Phi) is 3.42. The Morgan fingerprint density at radius 3 is 2.73 bits per heavy atom. The molecule has 6 aliphatic rings. The zero-order chi connectivity index (χ0) is 21.4. The third kappa shape index (κ3) is 1.90. The van der Waals surface area contributed by atoms with E-state index in [9.17, 15) is 9.59 Å². The van der Waals surface area contributed by atoms with E-state index in [1.54, 1.807) is 0 Å². The van der Waals surface area contributed by atoms with Crippen LogP contribution in [-0.2, 0) is 28.5 Å². The summed E-state index contributed by atoms with van der Waals surface area (Å²) >= 11 is 0. The Balaban J connectivity index is 1.51. The van der Waals surface area contributed by atoms with Crippen molar-refractivity contribution < 1.29 is 28.5 Å². The maximum Gasteiger partial charge on any atom is 0.334 e. The van der Waals surface area contributed by atoms with E-state index >= 15 is 0 Å². The van der Waals surface area contributed by atoms with E-state index in [-0.39, 0.29) is 53.9 Å². The third-order valence-electron chi connectivity index (χ3n) is 8.76. The van der Waals surface area contributed by atoms with Gasteiger partial charge in [-0.15, -0.1) is 0 Å². The highest BCUT2D eigenvalue weighted by Crippen LogP contribution is 2.81. The van der Waals surface area contributed by atoms with Crippen molar-refractivity contribution in [1.82, 2.24) is 0 Å². The first-order valence-electron chi connectivity index (χ1n) is 11.3. The average molecular weight is 414 g/mol. The second-order valence-corrected chi connectivity index (χ2v) is 10.8. The van der Waals surface area contributed by atoms with Gasteiger partial charge in [-0.05, 0) is 44.6 Å². The van der Waals surface area contributed by atoms with Gasteiger partial charge in [0, 0.05) is 17.4 Å². The van der Waals surface area contributed by atoms with Crippen LogP contribution in [0.1, 0.15) is 53.9 Å². The fourth-order valence-electron chi connectivity index (χ4n) is 7.50. The molecule has 0 aromatic heterocycles. The quantitative estimate of drug-likeness (QED) is 0.393. The fourth-order valence-corrected chi connectivity index (χ4v) is 7.50. The summed E-state index contributed by atoms with van der Waals surface area (Å²) in [5, 5.41) is 0. The summed E-state index contributed by atoms with van der Waals surface area (Å²) in [4.78, 5) is 25.1. The number of ether oxygens (including phenoxy) is 4. The monoisotopic (exact) mass is 414 g/mol. The third-order valence-corrected chi connectivity index (χ3v) is 8.76. The molecule has 3 aliphatic heterocycles. The largest absolute Gasteiger partial charge is 0.459 e. The predicted molar refractivity (Wildman–Crippen MR) is 106 cm³/mol. The molecular formula is C24H30O6. The molecule has 30 heavy (non-hydrogen) atoms. The maximum absolute atomic E-state index is 12.6. The lowest BCUT2D eigenvalue weighted by atomic mass is 9.58. The number of hydrogen-bond donors (Lipinski definition) is 0. The molecule has 0 radical (unpaired) electrons. The number of rotatable bonds is 2. The summed E-state index contributed by atoms with van der Waals surface area (Å²) in [6.07, 6.45) is 1.71. The maximum atomic E-state index is 12.6.